The zero-order chi connectivity index (χ0) is 20.1. The summed E-state index contributed by atoms with van der Waals surface area (Å²) in [7, 11) is 0. The predicted molar refractivity (Wildman–Crippen MR) is 110 cm³/mol. The topological polar surface area (TPSA) is 77.2 Å². The Bertz CT molecular complexity index is 1110. The fourth-order valence-corrected chi connectivity index (χ4v) is 3.03. The van der Waals surface area contributed by atoms with Gasteiger partial charge in [-0.1, -0.05) is 72.7 Å². The van der Waals surface area contributed by atoms with E-state index in [-0.39, 0.29) is 12.5 Å². The fourth-order valence-electron chi connectivity index (χ4n) is 3.03. The molecule has 0 radical (unpaired) electrons. The van der Waals surface area contributed by atoms with Gasteiger partial charge in [-0.2, -0.15) is 4.98 Å². The van der Waals surface area contributed by atoms with E-state index >= 15 is 0 Å². The molecule has 4 aromatic rings. The van der Waals surface area contributed by atoms with Gasteiger partial charge in [0.05, 0.1) is 6.54 Å². The van der Waals surface area contributed by atoms with Crippen LogP contribution in [0.4, 0.5) is 0 Å². The molecular formula is C23H21N3O3. The van der Waals surface area contributed by atoms with Gasteiger partial charge in [0, 0.05) is 5.56 Å². The van der Waals surface area contributed by atoms with Crippen LogP contribution in [0.15, 0.2) is 77.3 Å². The summed E-state index contributed by atoms with van der Waals surface area (Å²) >= 11 is 0. The van der Waals surface area contributed by atoms with Crippen LogP contribution >= 0.6 is 0 Å². The van der Waals surface area contributed by atoms with Crippen LogP contribution in [0.5, 0.6) is 5.75 Å². The van der Waals surface area contributed by atoms with E-state index in [1.807, 2.05) is 79.7 Å². The Balaban J connectivity index is 1.38. The first-order valence-electron chi connectivity index (χ1n) is 9.54. The van der Waals surface area contributed by atoms with Crippen LogP contribution < -0.4 is 10.1 Å². The summed E-state index contributed by atoms with van der Waals surface area (Å²) in [6, 6.07) is 23.4. The number of amides is 1. The third-order valence-corrected chi connectivity index (χ3v) is 4.58. The van der Waals surface area contributed by atoms with Crippen LogP contribution in [0.2, 0.25) is 0 Å². The standard InChI is InChI=1S/C23H21N3O3/c1-2-20(28-19-13-12-16-8-6-7-11-18(16)14-19)23(27)24-15-21-25-22(26-29-21)17-9-4-3-5-10-17/h3-14,20H,2,15H2,1H3,(H,24,27). The van der Waals surface area contributed by atoms with E-state index in [4.69, 9.17) is 9.26 Å². The summed E-state index contributed by atoms with van der Waals surface area (Å²) in [5.74, 6) is 1.28. The number of fused-ring (bicyclic) bond motifs is 1. The first-order valence-corrected chi connectivity index (χ1v) is 9.54. The van der Waals surface area contributed by atoms with Crippen molar-refractivity contribution in [1.29, 1.82) is 0 Å². The number of benzene rings is 3. The van der Waals surface area contributed by atoms with Gasteiger partial charge >= 0.3 is 0 Å². The molecular weight excluding hydrogens is 366 g/mol. The van der Waals surface area contributed by atoms with Crippen LogP contribution in [-0.2, 0) is 11.3 Å². The van der Waals surface area contributed by atoms with Crippen LogP contribution in [0.25, 0.3) is 22.2 Å². The first kappa shape index (κ1) is 18.7. The lowest BCUT2D eigenvalue weighted by atomic mass is 10.1. The third kappa shape index (κ3) is 4.43. The quantitative estimate of drug-likeness (QED) is 0.510. The minimum Gasteiger partial charge on any atom is -0.481 e. The van der Waals surface area contributed by atoms with E-state index in [1.54, 1.807) is 0 Å². The van der Waals surface area contributed by atoms with Crippen molar-refractivity contribution in [2.45, 2.75) is 26.0 Å². The number of hydrogen-bond acceptors (Lipinski definition) is 5. The maximum absolute atomic E-state index is 12.6. The molecule has 29 heavy (non-hydrogen) atoms. The van der Waals surface area contributed by atoms with Crippen molar-refractivity contribution in [2.24, 2.45) is 0 Å². The highest BCUT2D eigenvalue weighted by molar-refractivity contribution is 5.84. The minimum absolute atomic E-state index is 0.149. The third-order valence-electron chi connectivity index (χ3n) is 4.58. The van der Waals surface area contributed by atoms with E-state index in [2.05, 4.69) is 15.5 Å². The van der Waals surface area contributed by atoms with E-state index in [0.717, 1.165) is 16.3 Å². The van der Waals surface area contributed by atoms with Crippen molar-refractivity contribution < 1.29 is 14.1 Å². The summed E-state index contributed by atoms with van der Waals surface area (Å²) in [5, 5.41) is 8.97. The lowest BCUT2D eigenvalue weighted by Gasteiger charge is -2.17. The van der Waals surface area contributed by atoms with E-state index < -0.39 is 6.10 Å². The molecule has 1 unspecified atom stereocenters. The molecule has 0 bridgehead atoms. The number of rotatable bonds is 7. The predicted octanol–water partition coefficient (Wildman–Crippen LogP) is 4.36. The van der Waals surface area contributed by atoms with Gasteiger partial charge in [0.15, 0.2) is 6.10 Å². The minimum atomic E-state index is -0.604. The van der Waals surface area contributed by atoms with Crippen molar-refractivity contribution in [3.05, 3.63) is 78.7 Å². The number of carbonyl (C=O) groups excluding carboxylic acids is 1. The number of ether oxygens (including phenoxy) is 1. The second-order valence-electron chi connectivity index (χ2n) is 6.62. The summed E-state index contributed by atoms with van der Waals surface area (Å²) in [6.45, 7) is 2.06. The average Bonchev–Trinajstić information content (AvgIpc) is 3.25. The summed E-state index contributed by atoms with van der Waals surface area (Å²) in [4.78, 5) is 16.9. The highest BCUT2D eigenvalue weighted by atomic mass is 16.5. The summed E-state index contributed by atoms with van der Waals surface area (Å²) in [6.07, 6.45) is -0.0646. The van der Waals surface area contributed by atoms with Gasteiger partial charge in [-0.05, 0) is 29.3 Å². The van der Waals surface area contributed by atoms with Crippen LogP contribution in [0.3, 0.4) is 0 Å². The lowest BCUT2D eigenvalue weighted by molar-refractivity contribution is -0.128. The Hall–Kier alpha value is -3.67. The molecule has 0 fully saturated rings. The molecule has 0 saturated heterocycles. The molecule has 0 saturated carbocycles. The van der Waals surface area contributed by atoms with Crippen LogP contribution in [-0.4, -0.2) is 22.2 Å². The number of hydrogen-bond donors (Lipinski definition) is 1. The maximum Gasteiger partial charge on any atom is 0.261 e. The molecule has 146 valence electrons. The van der Waals surface area contributed by atoms with E-state index in [0.29, 0.717) is 23.9 Å². The second kappa shape index (κ2) is 8.56. The largest absolute Gasteiger partial charge is 0.481 e. The van der Waals surface area contributed by atoms with E-state index in [9.17, 15) is 4.79 Å². The molecule has 0 aliphatic rings. The van der Waals surface area contributed by atoms with Gasteiger partial charge in [0.25, 0.3) is 5.91 Å². The molecule has 6 heteroatoms. The van der Waals surface area contributed by atoms with Crippen molar-refractivity contribution in [3.8, 4) is 17.1 Å². The van der Waals surface area contributed by atoms with Crippen LogP contribution in [0.1, 0.15) is 19.2 Å². The SMILES string of the molecule is CCC(Oc1ccc2ccccc2c1)C(=O)NCc1nc(-c2ccccc2)no1. The number of aromatic nitrogens is 2. The fraction of sp³-hybridized carbons (Fsp3) is 0.174. The maximum atomic E-state index is 12.6. The molecule has 1 amide bonds. The molecule has 3 aromatic carbocycles. The van der Waals surface area contributed by atoms with Gasteiger partial charge in [-0.3, -0.25) is 4.79 Å². The molecule has 1 atom stereocenters. The molecule has 0 aliphatic carbocycles. The molecule has 4 rings (SSSR count). The number of nitrogens with zero attached hydrogens (tertiary/aromatic N) is 2. The second-order valence-corrected chi connectivity index (χ2v) is 6.62. The van der Waals surface area contributed by atoms with Gasteiger partial charge in [-0.15, -0.1) is 0 Å². The Kier molecular flexibility index (Phi) is 5.52. The normalized spacial score (nSPS) is 11.9. The van der Waals surface area contributed by atoms with Crippen LogP contribution in [0, 0.1) is 0 Å². The van der Waals surface area contributed by atoms with Crippen molar-refractivity contribution >= 4 is 16.7 Å². The van der Waals surface area contributed by atoms with Crippen molar-refractivity contribution in [3.63, 3.8) is 0 Å². The van der Waals surface area contributed by atoms with Gasteiger partial charge < -0.3 is 14.6 Å². The first-order chi connectivity index (χ1) is 14.2. The molecule has 0 spiro atoms. The molecule has 1 heterocycles. The summed E-state index contributed by atoms with van der Waals surface area (Å²) < 4.78 is 11.2. The molecule has 6 nitrogen and oxygen atoms in total. The van der Waals surface area contributed by atoms with Crippen molar-refractivity contribution in [1.82, 2.24) is 15.5 Å². The van der Waals surface area contributed by atoms with Gasteiger partial charge in [0.2, 0.25) is 11.7 Å². The van der Waals surface area contributed by atoms with Gasteiger partial charge in [0.1, 0.15) is 5.75 Å². The van der Waals surface area contributed by atoms with E-state index in [1.165, 1.54) is 0 Å². The average molecular weight is 387 g/mol. The van der Waals surface area contributed by atoms with Gasteiger partial charge in [-0.25, -0.2) is 0 Å². The Morgan fingerprint density at radius 1 is 1.03 bits per heavy atom. The Morgan fingerprint density at radius 2 is 1.79 bits per heavy atom. The monoisotopic (exact) mass is 387 g/mol. The molecule has 0 aliphatic heterocycles. The zero-order valence-electron chi connectivity index (χ0n) is 16.0. The lowest BCUT2D eigenvalue weighted by Crippen LogP contribution is -2.37. The smallest absolute Gasteiger partial charge is 0.261 e. The highest BCUT2D eigenvalue weighted by Crippen LogP contribution is 2.22. The van der Waals surface area contributed by atoms with Crippen molar-refractivity contribution in [2.75, 3.05) is 0 Å². The zero-order valence-corrected chi connectivity index (χ0v) is 16.0. The number of nitrogens with one attached hydrogen (secondary N) is 1. The molecule has 1 N–H and O–H groups in total. The number of carbonyl (C=O) groups is 1. The Morgan fingerprint density at radius 3 is 2.59 bits per heavy atom. The summed E-state index contributed by atoms with van der Waals surface area (Å²) in [5.41, 5.74) is 0.861. The Labute approximate surface area is 168 Å². The molecule has 1 aromatic heterocycles. The highest BCUT2D eigenvalue weighted by Gasteiger charge is 2.19.